The number of thiocarbonyl (C=S) groups is 1. The topological polar surface area (TPSA) is 86.5 Å². The summed E-state index contributed by atoms with van der Waals surface area (Å²) in [4.78, 5) is 30.2. The van der Waals surface area contributed by atoms with E-state index in [-0.39, 0.29) is 22.9 Å². The first-order valence-corrected chi connectivity index (χ1v) is 10.4. The molecule has 0 bridgehead atoms. The number of nitriles is 1. The number of aromatic nitrogens is 1. The molecule has 1 aliphatic rings. The Labute approximate surface area is 203 Å². The third-order valence-corrected chi connectivity index (χ3v) is 5.79. The van der Waals surface area contributed by atoms with Crippen LogP contribution >= 0.6 is 12.2 Å². The van der Waals surface area contributed by atoms with Crippen LogP contribution in [0.5, 0.6) is 0 Å². The summed E-state index contributed by atoms with van der Waals surface area (Å²) in [7, 11) is 1.21. The van der Waals surface area contributed by atoms with Crippen LogP contribution in [0.2, 0.25) is 0 Å². The van der Waals surface area contributed by atoms with E-state index in [1.807, 2.05) is 0 Å². The molecule has 1 saturated heterocycles. The first-order valence-electron chi connectivity index (χ1n) is 9.99. The average Bonchev–Trinajstić information content (AvgIpc) is 2.96. The molecule has 1 amide bonds. The number of amides is 1. The lowest BCUT2D eigenvalue weighted by Crippen LogP contribution is -2.43. The highest BCUT2D eigenvalue weighted by Crippen LogP contribution is 2.37. The average molecular weight is 506 g/mol. The number of benzene rings is 1. The Morgan fingerprint density at radius 3 is 2.57 bits per heavy atom. The molecule has 0 saturated carbocycles. The zero-order chi connectivity index (χ0) is 26.1. The first kappa shape index (κ1) is 25.8. The maximum atomic E-state index is 14.8. The molecule has 0 radical (unpaired) electrons. The number of hydrogen-bond donors (Lipinski definition) is 0. The van der Waals surface area contributed by atoms with Gasteiger partial charge in [-0.05, 0) is 49.8 Å². The van der Waals surface area contributed by atoms with Crippen molar-refractivity contribution in [3.8, 4) is 6.07 Å². The number of esters is 1. The Morgan fingerprint density at radius 1 is 1.31 bits per heavy atom. The van der Waals surface area contributed by atoms with Crippen LogP contribution < -0.4 is 4.90 Å². The van der Waals surface area contributed by atoms with Crippen LogP contribution in [0.15, 0.2) is 36.5 Å². The molecular formula is C23H18F4N4O3S. The Bertz CT molecular complexity index is 1280. The fourth-order valence-corrected chi connectivity index (χ4v) is 3.89. The Kier molecular flexibility index (Phi) is 6.94. The summed E-state index contributed by atoms with van der Waals surface area (Å²) >= 11 is 5.39. The predicted octanol–water partition coefficient (Wildman–Crippen LogP) is 4.21. The minimum absolute atomic E-state index is 0.145. The lowest BCUT2D eigenvalue weighted by Gasteiger charge is -2.29. The molecule has 1 aromatic heterocycles. The van der Waals surface area contributed by atoms with E-state index >= 15 is 0 Å². The van der Waals surface area contributed by atoms with Gasteiger partial charge in [0.25, 0.3) is 5.91 Å². The quantitative estimate of drug-likeness (QED) is 0.260. The lowest BCUT2D eigenvalue weighted by molar-refractivity contribution is -0.138. The van der Waals surface area contributed by atoms with Crippen molar-refractivity contribution in [2.45, 2.75) is 32.1 Å². The van der Waals surface area contributed by atoms with Crippen molar-refractivity contribution in [3.05, 3.63) is 64.7 Å². The van der Waals surface area contributed by atoms with E-state index < -0.39 is 40.7 Å². The highest BCUT2D eigenvalue weighted by molar-refractivity contribution is 7.80. The number of pyridine rings is 1. The van der Waals surface area contributed by atoms with Crippen LogP contribution in [0.3, 0.4) is 0 Å². The number of carbonyl (C=O) groups is 2. The molecule has 7 nitrogen and oxygen atoms in total. The summed E-state index contributed by atoms with van der Waals surface area (Å²) < 4.78 is 59.5. The fraction of sp³-hybridized carbons (Fsp3) is 0.261. The number of ether oxygens (including phenoxy) is 1. The second-order valence-corrected chi connectivity index (χ2v) is 8.34. The van der Waals surface area contributed by atoms with E-state index in [0.29, 0.717) is 11.6 Å². The van der Waals surface area contributed by atoms with Gasteiger partial charge in [0.2, 0.25) is 0 Å². The molecule has 12 heteroatoms. The molecule has 1 fully saturated rings. The highest BCUT2D eigenvalue weighted by atomic mass is 32.1. The summed E-state index contributed by atoms with van der Waals surface area (Å²) in [5, 5.41) is 8.82. The third kappa shape index (κ3) is 5.00. The second-order valence-electron chi connectivity index (χ2n) is 7.97. The Balaban J connectivity index is 1.94. The SMILES string of the molecule is COC(=O)/C=C/c1ccc(CN2C(=S)N(c3cnc(C#N)c(C(F)(F)F)c3)C(=O)C2(C)C)c(F)c1. The lowest BCUT2D eigenvalue weighted by atomic mass is 10.0. The van der Waals surface area contributed by atoms with Gasteiger partial charge in [0.1, 0.15) is 17.4 Å². The summed E-state index contributed by atoms with van der Waals surface area (Å²) in [6.07, 6.45) is -1.42. The van der Waals surface area contributed by atoms with E-state index in [1.54, 1.807) is 6.07 Å². The number of alkyl halides is 3. The van der Waals surface area contributed by atoms with E-state index in [0.717, 1.165) is 17.2 Å². The maximum Gasteiger partial charge on any atom is 0.419 e. The first-order chi connectivity index (χ1) is 16.3. The van der Waals surface area contributed by atoms with Gasteiger partial charge < -0.3 is 9.64 Å². The van der Waals surface area contributed by atoms with Crippen molar-refractivity contribution in [3.63, 3.8) is 0 Å². The molecule has 2 aromatic rings. The van der Waals surface area contributed by atoms with Gasteiger partial charge in [0, 0.05) is 18.2 Å². The van der Waals surface area contributed by atoms with Gasteiger partial charge >= 0.3 is 12.1 Å². The van der Waals surface area contributed by atoms with Gasteiger partial charge in [-0.3, -0.25) is 9.69 Å². The second kappa shape index (κ2) is 9.42. The third-order valence-electron chi connectivity index (χ3n) is 5.38. The number of nitrogens with zero attached hydrogens (tertiary/aromatic N) is 4. The van der Waals surface area contributed by atoms with E-state index in [2.05, 4.69) is 9.72 Å². The highest BCUT2D eigenvalue weighted by Gasteiger charge is 2.50. The normalized spacial score (nSPS) is 15.6. The van der Waals surface area contributed by atoms with Crippen molar-refractivity contribution < 1.29 is 31.9 Å². The maximum absolute atomic E-state index is 14.8. The van der Waals surface area contributed by atoms with Crippen LogP contribution in [0.25, 0.3) is 6.08 Å². The van der Waals surface area contributed by atoms with Gasteiger partial charge in [-0.15, -0.1) is 0 Å². The molecule has 0 unspecified atom stereocenters. The number of carbonyl (C=O) groups excluding carboxylic acids is 2. The van der Waals surface area contributed by atoms with E-state index in [4.69, 9.17) is 17.5 Å². The molecule has 0 N–H and O–H groups in total. The Hall–Kier alpha value is -3.85. The molecule has 3 rings (SSSR count). The van der Waals surface area contributed by atoms with Crippen LogP contribution in [0.1, 0.15) is 36.2 Å². The van der Waals surface area contributed by atoms with Crippen LogP contribution in [-0.4, -0.2) is 39.5 Å². The molecule has 0 aliphatic carbocycles. The van der Waals surface area contributed by atoms with Crippen LogP contribution in [0.4, 0.5) is 23.2 Å². The van der Waals surface area contributed by atoms with Crippen molar-refractivity contribution in [2.75, 3.05) is 12.0 Å². The van der Waals surface area contributed by atoms with Crippen molar-refractivity contribution in [2.24, 2.45) is 0 Å². The molecule has 2 heterocycles. The standard InChI is InChI=1S/C23H18F4N4O3S/c1-22(2)20(33)31(15-9-16(23(25,26)27)18(10-28)29-11-15)21(35)30(22)12-14-6-4-13(8-17(14)24)5-7-19(32)34-3/h4-9,11H,12H2,1-3H3/b7-5+. The fourth-order valence-electron chi connectivity index (χ4n) is 3.41. The molecular weight excluding hydrogens is 488 g/mol. The van der Waals surface area contributed by atoms with Crippen molar-refractivity contribution in [1.82, 2.24) is 9.88 Å². The molecule has 35 heavy (non-hydrogen) atoms. The minimum atomic E-state index is -4.87. The minimum Gasteiger partial charge on any atom is -0.466 e. The molecule has 182 valence electrons. The molecule has 0 atom stereocenters. The summed E-state index contributed by atoms with van der Waals surface area (Å²) in [5.41, 5.74) is -3.16. The van der Waals surface area contributed by atoms with Gasteiger partial charge in [-0.1, -0.05) is 12.1 Å². The monoisotopic (exact) mass is 506 g/mol. The van der Waals surface area contributed by atoms with Gasteiger partial charge in [-0.2, -0.15) is 18.4 Å². The zero-order valence-corrected chi connectivity index (χ0v) is 19.5. The van der Waals surface area contributed by atoms with E-state index in [1.165, 1.54) is 50.1 Å². The largest absolute Gasteiger partial charge is 0.466 e. The van der Waals surface area contributed by atoms with Crippen molar-refractivity contribution in [1.29, 1.82) is 5.26 Å². The number of hydrogen-bond acceptors (Lipinski definition) is 6. The Morgan fingerprint density at radius 2 is 2.00 bits per heavy atom. The summed E-state index contributed by atoms with van der Waals surface area (Å²) in [6.45, 7) is 2.86. The smallest absolute Gasteiger partial charge is 0.419 e. The van der Waals surface area contributed by atoms with Crippen LogP contribution in [0, 0.1) is 17.1 Å². The van der Waals surface area contributed by atoms with Gasteiger partial charge in [0.05, 0.1) is 24.6 Å². The number of methoxy groups -OCH3 is 1. The predicted molar refractivity (Wildman–Crippen MR) is 121 cm³/mol. The van der Waals surface area contributed by atoms with Crippen LogP contribution in [-0.2, 0) is 27.0 Å². The van der Waals surface area contributed by atoms with Gasteiger partial charge in [0.15, 0.2) is 10.8 Å². The number of anilines is 1. The summed E-state index contributed by atoms with van der Waals surface area (Å²) in [6, 6.07) is 6.19. The summed E-state index contributed by atoms with van der Waals surface area (Å²) in [5.74, 6) is -1.88. The molecule has 0 spiro atoms. The zero-order valence-electron chi connectivity index (χ0n) is 18.7. The number of halogens is 4. The van der Waals surface area contributed by atoms with Crippen molar-refractivity contribution >= 4 is 41.0 Å². The van der Waals surface area contributed by atoms with Gasteiger partial charge in [-0.25, -0.2) is 14.2 Å². The van der Waals surface area contributed by atoms with E-state index in [9.17, 15) is 27.2 Å². The number of rotatable bonds is 5. The molecule has 1 aromatic carbocycles. The molecule has 1 aliphatic heterocycles.